The number of ether oxygens (including phenoxy) is 1. The van der Waals surface area contributed by atoms with Crippen molar-refractivity contribution < 1.29 is 18.3 Å². The summed E-state index contributed by atoms with van der Waals surface area (Å²) in [6, 6.07) is 11.7. The minimum Gasteiger partial charge on any atom is -0.435 e. The number of aromatic nitrogens is 1. The lowest BCUT2D eigenvalue weighted by Crippen LogP contribution is -2.22. The number of halogens is 2. The highest BCUT2D eigenvalue weighted by Crippen LogP contribution is 2.22. The first-order valence-electron chi connectivity index (χ1n) is 7.85. The molecule has 0 unspecified atom stereocenters. The molecule has 6 heteroatoms. The second-order valence-electron chi connectivity index (χ2n) is 5.84. The zero-order chi connectivity index (χ0) is 18.0. The first-order chi connectivity index (χ1) is 11.9. The molecule has 3 rings (SSSR count). The Morgan fingerprint density at radius 1 is 1.16 bits per heavy atom. The number of H-pyrrole nitrogens is 1. The first-order valence-corrected chi connectivity index (χ1v) is 7.85. The molecule has 25 heavy (non-hydrogen) atoms. The Kier molecular flexibility index (Phi) is 4.70. The molecule has 0 saturated carbocycles. The van der Waals surface area contributed by atoms with Gasteiger partial charge in [0.2, 0.25) is 0 Å². The fourth-order valence-electron chi connectivity index (χ4n) is 2.68. The van der Waals surface area contributed by atoms with E-state index in [9.17, 15) is 13.6 Å². The summed E-state index contributed by atoms with van der Waals surface area (Å²) in [6.45, 7) is 1.47. The third kappa shape index (κ3) is 3.79. The summed E-state index contributed by atoms with van der Waals surface area (Å²) in [5.41, 5.74) is 4.58. The number of hydrogen-bond donors (Lipinski definition) is 2. The summed E-state index contributed by atoms with van der Waals surface area (Å²) in [4.78, 5) is 15.6. The number of benzene rings is 2. The highest BCUT2D eigenvalue weighted by Gasteiger charge is 2.10. The highest BCUT2D eigenvalue weighted by atomic mass is 19.3. The molecule has 2 aromatic carbocycles. The van der Waals surface area contributed by atoms with Crippen LogP contribution in [-0.2, 0) is 6.54 Å². The van der Waals surface area contributed by atoms with E-state index < -0.39 is 6.61 Å². The summed E-state index contributed by atoms with van der Waals surface area (Å²) >= 11 is 0. The lowest BCUT2D eigenvalue weighted by Gasteiger charge is -2.08. The third-order valence-electron chi connectivity index (χ3n) is 4.17. The van der Waals surface area contributed by atoms with Gasteiger partial charge < -0.3 is 15.0 Å². The van der Waals surface area contributed by atoms with Crippen molar-refractivity contribution in [2.45, 2.75) is 27.0 Å². The number of rotatable bonds is 5. The number of carbonyl (C=O) groups is 1. The number of hydrogen-bond acceptors (Lipinski definition) is 2. The molecular formula is C19H18F2N2O2. The van der Waals surface area contributed by atoms with Crippen LogP contribution in [0.4, 0.5) is 8.78 Å². The van der Waals surface area contributed by atoms with Crippen LogP contribution in [-0.4, -0.2) is 17.5 Å². The third-order valence-corrected chi connectivity index (χ3v) is 4.17. The van der Waals surface area contributed by atoms with E-state index in [4.69, 9.17) is 0 Å². The van der Waals surface area contributed by atoms with Crippen LogP contribution in [0, 0.1) is 13.8 Å². The van der Waals surface area contributed by atoms with Gasteiger partial charge in [0.1, 0.15) is 5.75 Å². The summed E-state index contributed by atoms with van der Waals surface area (Å²) in [7, 11) is 0. The van der Waals surface area contributed by atoms with Gasteiger partial charge in [-0.25, -0.2) is 0 Å². The van der Waals surface area contributed by atoms with Gasteiger partial charge >= 0.3 is 6.61 Å². The molecule has 0 atom stereocenters. The van der Waals surface area contributed by atoms with E-state index in [1.807, 2.05) is 26.0 Å². The van der Waals surface area contributed by atoms with Gasteiger partial charge in [-0.15, -0.1) is 0 Å². The Morgan fingerprint density at radius 3 is 2.56 bits per heavy atom. The zero-order valence-corrected chi connectivity index (χ0v) is 13.9. The van der Waals surface area contributed by atoms with Crippen molar-refractivity contribution in [1.29, 1.82) is 0 Å². The van der Waals surface area contributed by atoms with Gasteiger partial charge in [0.15, 0.2) is 0 Å². The van der Waals surface area contributed by atoms with Crippen molar-refractivity contribution in [3.05, 3.63) is 64.8 Å². The van der Waals surface area contributed by atoms with E-state index in [0.717, 1.165) is 27.7 Å². The molecule has 0 radical (unpaired) electrons. The zero-order valence-electron chi connectivity index (χ0n) is 13.9. The average Bonchev–Trinajstić information content (AvgIpc) is 2.87. The van der Waals surface area contributed by atoms with Gasteiger partial charge in [-0.1, -0.05) is 12.1 Å². The van der Waals surface area contributed by atoms with Gasteiger partial charge in [0.25, 0.3) is 5.91 Å². The average molecular weight is 344 g/mol. The van der Waals surface area contributed by atoms with Crippen molar-refractivity contribution in [2.24, 2.45) is 0 Å². The van der Waals surface area contributed by atoms with Crippen molar-refractivity contribution in [3.8, 4) is 5.75 Å². The smallest absolute Gasteiger partial charge is 0.387 e. The molecule has 0 aliphatic rings. The molecule has 1 aromatic heterocycles. The van der Waals surface area contributed by atoms with E-state index in [1.165, 1.54) is 12.1 Å². The molecule has 0 spiro atoms. The first kappa shape index (κ1) is 17.0. The molecule has 0 bridgehead atoms. The van der Waals surface area contributed by atoms with Gasteiger partial charge in [0, 0.05) is 28.7 Å². The standard InChI is InChI=1S/C19H18F2N2O2/c1-11-12(2)23-17-8-5-14(9-16(11)17)18(24)22-10-13-3-6-15(7-4-13)25-19(20)21/h3-9,19,23H,10H2,1-2H3,(H,22,24). The number of amides is 1. The molecule has 1 amide bonds. The van der Waals surface area contributed by atoms with Crippen molar-refractivity contribution >= 4 is 16.8 Å². The normalized spacial score (nSPS) is 11.1. The van der Waals surface area contributed by atoms with Crippen LogP contribution in [0.25, 0.3) is 10.9 Å². The Bertz CT molecular complexity index is 902. The molecule has 1 heterocycles. The molecule has 2 N–H and O–H groups in total. The topological polar surface area (TPSA) is 54.1 Å². The van der Waals surface area contributed by atoms with E-state index in [-0.39, 0.29) is 11.7 Å². The maximum absolute atomic E-state index is 12.3. The van der Waals surface area contributed by atoms with E-state index >= 15 is 0 Å². The molecule has 0 aliphatic heterocycles. The van der Waals surface area contributed by atoms with Gasteiger partial charge in [-0.05, 0) is 55.3 Å². The molecule has 0 fully saturated rings. The second-order valence-corrected chi connectivity index (χ2v) is 5.84. The molecule has 3 aromatic rings. The van der Waals surface area contributed by atoms with Crippen LogP contribution < -0.4 is 10.1 Å². The van der Waals surface area contributed by atoms with Crippen LogP contribution in [0.3, 0.4) is 0 Å². The quantitative estimate of drug-likeness (QED) is 0.724. The van der Waals surface area contributed by atoms with E-state index in [1.54, 1.807) is 18.2 Å². The lowest BCUT2D eigenvalue weighted by molar-refractivity contribution is -0.0498. The Hall–Kier alpha value is -2.89. The van der Waals surface area contributed by atoms with E-state index in [2.05, 4.69) is 15.0 Å². The molecule has 4 nitrogen and oxygen atoms in total. The summed E-state index contributed by atoms with van der Waals surface area (Å²) in [5, 5.41) is 3.85. The predicted octanol–water partition coefficient (Wildman–Crippen LogP) is 4.32. The number of aryl methyl sites for hydroxylation is 2. The number of aromatic amines is 1. The Morgan fingerprint density at radius 2 is 1.88 bits per heavy atom. The minimum absolute atomic E-state index is 0.0915. The number of nitrogens with one attached hydrogen (secondary N) is 2. The molecule has 0 aliphatic carbocycles. The molecule has 130 valence electrons. The van der Waals surface area contributed by atoms with Crippen LogP contribution in [0.1, 0.15) is 27.2 Å². The number of carbonyl (C=O) groups excluding carboxylic acids is 1. The van der Waals surface area contributed by atoms with E-state index in [0.29, 0.717) is 12.1 Å². The van der Waals surface area contributed by atoms with Crippen LogP contribution in [0.2, 0.25) is 0 Å². The van der Waals surface area contributed by atoms with Crippen molar-refractivity contribution in [2.75, 3.05) is 0 Å². The second kappa shape index (κ2) is 6.93. The maximum Gasteiger partial charge on any atom is 0.387 e. The Labute approximate surface area is 143 Å². The van der Waals surface area contributed by atoms with Gasteiger partial charge in [-0.2, -0.15) is 8.78 Å². The van der Waals surface area contributed by atoms with Gasteiger partial charge in [-0.3, -0.25) is 4.79 Å². The van der Waals surface area contributed by atoms with Gasteiger partial charge in [0.05, 0.1) is 0 Å². The molecular weight excluding hydrogens is 326 g/mol. The predicted molar refractivity (Wildman–Crippen MR) is 92.0 cm³/mol. The summed E-state index contributed by atoms with van der Waals surface area (Å²) < 4.78 is 28.5. The maximum atomic E-state index is 12.3. The minimum atomic E-state index is -2.85. The van der Waals surface area contributed by atoms with Crippen LogP contribution >= 0.6 is 0 Å². The fraction of sp³-hybridized carbons (Fsp3) is 0.211. The fourth-order valence-corrected chi connectivity index (χ4v) is 2.68. The van der Waals surface area contributed by atoms with Crippen LogP contribution in [0.5, 0.6) is 5.75 Å². The largest absolute Gasteiger partial charge is 0.435 e. The summed E-state index contributed by atoms with van der Waals surface area (Å²) in [6.07, 6.45) is 0. The summed E-state index contributed by atoms with van der Waals surface area (Å²) in [5.74, 6) is -0.0955. The van der Waals surface area contributed by atoms with Crippen molar-refractivity contribution in [1.82, 2.24) is 10.3 Å². The Balaban J connectivity index is 1.67. The van der Waals surface area contributed by atoms with Crippen molar-refractivity contribution in [3.63, 3.8) is 0 Å². The molecule has 0 saturated heterocycles. The monoisotopic (exact) mass is 344 g/mol. The number of alkyl halides is 2. The lowest BCUT2D eigenvalue weighted by atomic mass is 10.1. The highest BCUT2D eigenvalue weighted by molar-refractivity contribution is 5.99. The number of fused-ring (bicyclic) bond motifs is 1. The van der Waals surface area contributed by atoms with Crippen LogP contribution in [0.15, 0.2) is 42.5 Å². The SMILES string of the molecule is Cc1[nH]c2ccc(C(=O)NCc3ccc(OC(F)F)cc3)cc2c1C.